The molecule has 1 saturated carbocycles. The molecule has 2 aliphatic rings. The Morgan fingerprint density at radius 3 is 2.68 bits per heavy atom. The zero-order valence-corrected chi connectivity index (χ0v) is 12.4. The van der Waals surface area contributed by atoms with Crippen LogP contribution in [0.4, 0.5) is 0 Å². The number of aromatic nitrogens is 2. The monoisotopic (exact) mass is 262 g/mol. The van der Waals surface area contributed by atoms with Crippen LogP contribution >= 0.6 is 0 Å². The SMILES string of the molecule is Cn1ccc(CN2CC3(CCCC3)NCC2(C)C)n1. The smallest absolute Gasteiger partial charge is 0.0764 e. The molecule has 3 rings (SSSR count). The van der Waals surface area contributed by atoms with Crippen LogP contribution in [0.25, 0.3) is 0 Å². The Balaban J connectivity index is 1.76. The zero-order valence-electron chi connectivity index (χ0n) is 12.4. The molecule has 1 aromatic heterocycles. The second-order valence-electron chi connectivity index (χ2n) is 6.99. The summed E-state index contributed by atoms with van der Waals surface area (Å²) in [4.78, 5) is 2.62. The van der Waals surface area contributed by atoms with Crippen LogP contribution in [0.3, 0.4) is 0 Å². The normalized spacial score (nSPS) is 26.1. The lowest BCUT2D eigenvalue weighted by Crippen LogP contribution is -2.66. The van der Waals surface area contributed by atoms with Crippen molar-refractivity contribution in [2.45, 2.75) is 57.2 Å². The van der Waals surface area contributed by atoms with Crippen molar-refractivity contribution in [3.8, 4) is 0 Å². The minimum absolute atomic E-state index is 0.214. The molecule has 4 heteroatoms. The van der Waals surface area contributed by atoms with E-state index in [9.17, 15) is 0 Å². The number of aryl methyl sites for hydroxylation is 1. The molecule has 0 unspecified atom stereocenters. The molecule has 1 saturated heterocycles. The molecule has 1 aliphatic carbocycles. The number of nitrogens with one attached hydrogen (secondary N) is 1. The van der Waals surface area contributed by atoms with Gasteiger partial charge >= 0.3 is 0 Å². The third-order valence-electron chi connectivity index (χ3n) is 4.93. The van der Waals surface area contributed by atoms with E-state index in [4.69, 9.17) is 0 Å². The first-order chi connectivity index (χ1) is 8.99. The Hall–Kier alpha value is -0.870. The van der Waals surface area contributed by atoms with Gasteiger partial charge in [0.2, 0.25) is 0 Å². The first-order valence-corrected chi connectivity index (χ1v) is 7.48. The lowest BCUT2D eigenvalue weighted by Gasteiger charge is -2.50. The molecule has 0 amide bonds. The van der Waals surface area contributed by atoms with Gasteiger partial charge in [-0.1, -0.05) is 12.8 Å². The van der Waals surface area contributed by atoms with Crippen LogP contribution in [-0.4, -0.2) is 38.8 Å². The Morgan fingerprint density at radius 1 is 1.32 bits per heavy atom. The molecule has 0 radical (unpaired) electrons. The average molecular weight is 262 g/mol. The predicted octanol–water partition coefficient (Wildman–Crippen LogP) is 1.92. The second-order valence-corrected chi connectivity index (χ2v) is 6.99. The summed E-state index contributed by atoms with van der Waals surface area (Å²) >= 11 is 0. The van der Waals surface area contributed by atoms with E-state index in [0.717, 1.165) is 19.6 Å². The van der Waals surface area contributed by atoms with E-state index in [0.29, 0.717) is 5.54 Å². The average Bonchev–Trinajstić information content (AvgIpc) is 2.95. The summed E-state index contributed by atoms with van der Waals surface area (Å²) in [6, 6.07) is 2.14. The van der Waals surface area contributed by atoms with Crippen LogP contribution in [0, 0.1) is 0 Å². The molecule has 1 N–H and O–H groups in total. The van der Waals surface area contributed by atoms with Gasteiger partial charge in [0.25, 0.3) is 0 Å². The van der Waals surface area contributed by atoms with Gasteiger partial charge in [0, 0.05) is 44.0 Å². The summed E-state index contributed by atoms with van der Waals surface area (Å²) in [5.41, 5.74) is 1.78. The van der Waals surface area contributed by atoms with Crippen LogP contribution in [0.5, 0.6) is 0 Å². The third-order valence-corrected chi connectivity index (χ3v) is 4.93. The largest absolute Gasteiger partial charge is 0.308 e. The van der Waals surface area contributed by atoms with Gasteiger partial charge in [0.05, 0.1) is 5.69 Å². The van der Waals surface area contributed by atoms with Crippen LogP contribution in [-0.2, 0) is 13.6 Å². The molecule has 0 bridgehead atoms. The Morgan fingerprint density at radius 2 is 2.05 bits per heavy atom. The van der Waals surface area contributed by atoms with Gasteiger partial charge in [0.1, 0.15) is 0 Å². The molecule has 0 aromatic carbocycles. The summed E-state index contributed by atoms with van der Waals surface area (Å²) in [5, 5.41) is 8.38. The molecule has 19 heavy (non-hydrogen) atoms. The van der Waals surface area contributed by atoms with Gasteiger partial charge < -0.3 is 5.32 Å². The maximum absolute atomic E-state index is 4.54. The predicted molar refractivity (Wildman–Crippen MR) is 76.9 cm³/mol. The fourth-order valence-corrected chi connectivity index (χ4v) is 3.55. The van der Waals surface area contributed by atoms with Crippen molar-refractivity contribution in [2.75, 3.05) is 13.1 Å². The summed E-state index contributed by atoms with van der Waals surface area (Å²) in [5.74, 6) is 0. The summed E-state index contributed by atoms with van der Waals surface area (Å²) in [6.45, 7) is 7.89. The minimum Gasteiger partial charge on any atom is -0.308 e. The molecule has 4 nitrogen and oxygen atoms in total. The standard InChI is InChI=1S/C15H26N4/c1-14(2)11-16-15(7-4-5-8-15)12-19(14)10-13-6-9-18(3)17-13/h6,9,16H,4-5,7-8,10-12H2,1-3H3. The van der Waals surface area contributed by atoms with Crippen molar-refractivity contribution in [3.05, 3.63) is 18.0 Å². The van der Waals surface area contributed by atoms with Gasteiger partial charge in [-0.15, -0.1) is 0 Å². The van der Waals surface area contributed by atoms with Crippen molar-refractivity contribution in [3.63, 3.8) is 0 Å². The fourth-order valence-electron chi connectivity index (χ4n) is 3.55. The first-order valence-electron chi connectivity index (χ1n) is 7.48. The van der Waals surface area contributed by atoms with Gasteiger partial charge in [-0.25, -0.2) is 0 Å². The molecular formula is C15H26N4. The summed E-state index contributed by atoms with van der Waals surface area (Å²) < 4.78 is 1.90. The van der Waals surface area contributed by atoms with E-state index in [-0.39, 0.29) is 5.54 Å². The van der Waals surface area contributed by atoms with E-state index in [2.05, 4.69) is 35.2 Å². The maximum Gasteiger partial charge on any atom is 0.0764 e. The van der Waals surface area contributed by atoms with Crippen LogP contribution < -0.4 is 5.32 Å². The molecule has 106 valence electrons. The van der Waals surface area contributed by atoms with Crippen LogP contribution in [0.2, 0.25) is 0 Å². The Labute approximate surface area is 116 Å². The van der Waals surface area contributed by atoms with Crippen molar-refractivity contribution in [2.24, 2.45) is 7.05 Å². The number of piperazine rings is 1. The van der Waals surface area contributed by atoms with E-state index in [1.807, 2.05) is 17.9 Å². The third kappa shape index (κ3) is 2.56. The van der Waals surface area contributed by atoms with E-state index in [1.165, 1.54) is 31.4 Å². The van der Waals surface area contributed by atoms with Crippen molar-refractivity contribution in [1.82, 2.24) is 20.0 Å². The van der Waals surface area contributed by atoms with Crippen molar-refractivity contribution in [1.29, 1.82) is 0 Å². The quantitative estimate of drug-likeness (QED) is 0.884. The highest BCUT2D eigenvalue weighted by Crippen LogP contribution is 2.36. The first kappa shape index (κ1) is 13.1. The zero-order chi connectivity index (χ0) is 13.5. The number of hydrogen-bond donors (Lipinski definition) is 1. The van der Waals surface area contributed by atoms with Crippen molar-refractivity contribution < 1.29 is 0 Å². The fraction of sp³-hybridized carbons (Fsp3) is 0.800. The molecule has 0 atom stereocenters. The molecular weight excluding hydrogens is 236 g/mol. The van der Waals surface area contributed by atoms with Gasteiger partial charge in [-0.2, -0.15) is 5.10 Å². The van der Waals surface area contributed by atoms with Gasteiger partial charge in [-0.05, 0) is 32.8 Å². The Bertz CT molecular complexity index is 443. The van der Waals surface area contributed by atoms with Gasteiger partial charge in [-0.3, -0.25) is 9.58 Å². The van der Waals surface area contributed by atoms with Crippen molar-refractivity contribution >= 4 is 0 Å². The number of hydrogen-bond acceptors (Lipinski definition) is 3. The topological polar surface area (TPSA) is 33.1 Å². The Kier molecular flexibility index (Phi) is 3.18. The van der Waals surface area contributed by atoms with Crippen LogP contribution in [0.1, 0.15) is 45.2 Å². The van der Waals surface area contributed by atoms with Crippen LogP contribution in [0.15, 0.2) is 12.3 Å². The van der Waals surface area contributed by atoms with Gasteiger partial charge in [0.15, 0.2) is 0 Å². The molecule has 2 fully saturated rings. The van der Waals surface area contributed by atoms with E-state index < -0.39 is 0 Å². The summed E-state index contributed by atoms with van der Waals surface area (Å²) in [6.07, 6.45) is 7.47. The lowest BCUT2D eigenvalue weighted by molar-refractivity contribution is 0.0207. The van der Waals surface area contributed by atoms with E-state index >= 15 is 0 Å². The highest BCUT2D eigenvalue weighted by Gasteiger charge is 2.44. The molecule has 2 heterocycles. The second kappa shape index (κ2) is 4.60. The molecule has 1 aromatic rings. The number of nitrogens with zero attached hydrogens (tertiary/aromatic N) is 3. The highest BCUT2D eigenvalue weighted by molar-refractivity contribution is 5.07. The van der Waals surface area contributed by atoms with E-state index in [1.54, 1.807) is 0 Å². The molecule has 1 aliphatic heterocycles. The minimum atomic E-state index is 0.214. The highest BCUT2D eigenvalue weighted by atomic mass is 15.3. The lowest BCUT2D eigenvalue weighted by atomic mass is 9.87. The maximum atomic E-state index is 4.54. The molecule has 1 spiro atoms. The summed E-state index contributed by atoms with van der Waals surface area (Å²) in [7, 11) is 1.99. The number of rotatable bonds is 2.